The van der Waals surface area contributed by atoms with Crippen molar-refractivity contribution < 1.29 is 27.1 Å². The second-order valence-electron chi connectivity index (χ2n) is 8.79. The van der Waals surface area contributed by atoms with Crippen LogP contribution in [0.25, 0.3) is 5.69 Å². The summed E-state index contributed by atoms with van der Waals surface area (Å²) in [5, 5.41) is 2.89. The first kappa shape index (κ1) is 26.8. The van der Waals surface area contributed by atoms with Gasteiger partial charge in [0.25, 0.3) is 5.91 Å². The molecule has 1 aliphatic rings. The molecule has 0 atom stereocenters. The van der Waals surface area contributed by atoms with Gasteiger partial charge in [-0.1, -0.05) is 0 Å². The summed E-state index contributed by atoms with van der Waals surface area (Å²) < 4.78 is 61.5. The van der Waals surface area contributed by atoms with Crippen LogP contribution >= 0.6 is 0 Å². The average molecular weight is 558 g/mol. The number of alkyl halides is 3. The molecule has 0 radical (unpaired) electrons. The van der Waals surface area contributed by atoms with Crippen LogP contribution in [-0.4, -0.2) is 56.7 Å². The fourth-order valence-corrected chi connectivity index (χ4v) is 3.92. The Kier molecular flexibility index (Phi) is 7.46. The van der Waals surface area contributed by atoms with E-state index in [9.17, 15) is 22.4 Å². The number of imidazole rings is 1. The van der Waals surface area contributed by atoms with Gasteiger partial charge in [0.05, 0.1) is 48.9 Å². The summed E-state index contributed by atoms with van der Waals surface area (Å²) in [7, 11) is 0. The number of pyridine rings is 1. The van der Waals surface area contributed by atoms with Crippen molar-refractivity contribution in [1.29, 1.82) is 0 Å². The molecule has 1 amide bonds. The highest BCUT2D eigenvalue weighted by Crippen LogP contribution is 2.34. The Hall–Kier alpha value is -4.79. The minimum Gasteiger partial charge on any atom is -0.378 e. The molecule has 40 heavy (non-hydrogen) atoms. The van der Waals surface area contributed by atoms with Gasteiger partial charge in [0, 0.05) is 30.7 Å². The highest BCUT2D eigenvalue weighted by Gasteiger charge is 2.31. The van der Waals surface area contributed by atoms with E-state index in [1.165, 1.54) is 35.3 Å². The van der Waals surface area contributed by atoms with E-state index in [0.29, 0.717) is 37.7 Å². The number of rotatable bonds is 7. The molecule has 4 aromatic rings. The van der Waals surface area contributed by atoms with Crippen LogP contribution in [0.5, 0.6) is 0 Å². The summed E-state index contributed by atoms with van der Waals surface area (Å²) in [6.07, 6.45) is 0.784. The number of anilines is 4. The van der Waals surface area contributed by atoms with Crippen molar-refractivity contribution in [3.8, 4) is 5.69 Å². The van der Waals surface area contributed by atoms with Gasteiger partial charge in [0.2, 0.25) is 5.95 Å². The van der Waals surface area contributed by atoms with Gasteiger partial charge in [-0.15, -0.1) is 0 Å². The standard InChI is InChI=1S/C25H23F4N9O2/c1-15-13-38(14-32-15)19-9-16(25(27,28)29)8-18(10-19)33-17-2-3-21(30-11-17)23(39)35-36-24-31-12-20(26)22(34-24)37-4-6-40-7-5-37/h2-3,8-14,33H,4-7H2,1H3,(H,35,39)(H,31,34,36). The van der Waals surface area contributed by atoms with Crippen LogP contribution in [0, 0.1) is 12.7 Å². The molecule has 1 saturated heterocycles. The van der Waals surface area contributed by atoms with Crippen molar-refractivity contribution in [2.24, 2.45) is 0 Å². The molecule has 1 aromatic carbocycles. The molecule has 0 aliphatic carbocycles. The first-order chi connectivity index (χ1) is 19.2. The smallest absolute Gasteiger partial charge is 0.378 e. The molecule has 15 heteroatoms. The number of hydrogen-bond donors (Lipinski definition) is 3. The lowest BCUT2D eigenvalue weighted by atomic mass is 10.1. The Balaban J connectivity index is 1.26. The largest absolute Gasteiger partial charge is 0.416 e. The number of aryl methyl sites for hydroxylation is 1. The highest BCUT2D eigenvalue weighted by molar-refractivity contribution is 5.93. The van der Waals surface area contributed by atoms with Gasteiger partial charge in [0.15, 0.2) is 11.6 Å². The second kappa shape index (κ2) is 11.1. The zero-order valence-corrected chi connectivity index (χ0v) is 21.0. The first-order valence-corrected chi connectivity index (χ1v) is 12.0. The predicted molar refractivity (Wildman–Crippen MR) is 137 cm³/mol. The Morgan fingerprint density at radius 1 is 1.02 bits per heavy atom. The highest BCUT2D eigenvalue weighted by atomic mass is 19.4. The summed E-state index contributed by atoms with van der Waals surface area (Å²) in [6.45, 7) is 3.55. The summed E-state index contributed by atoms with van der Waals surface area (Å²) in [6, 6.07) is 6.42. The number of hydrazine groups is 1. The number of carbonyl (C=O) groups excluding carboxylic acids is 1. The van der Waals surface area contributed by atoms with Crippen LogP contribution < -0.4 is 21.1 Å². The van der Waals surface area contributed by atoms with Gasteiger partial charge >= 0.3 is 6.18 Å². The van der Waals surface area contributed by atoms with Crippen molar-refractivity contribution in [3.63, 3.8) is 0 Å². The molecule has 4 heterocycles. The molecule has 3 aromatic heterocycles. The van der Waals surface area contributed by atoms with E-state index in [0.717, 1.165) is 18.3 Å². The molecule has 0 saturated carbocycles. The molecule has 11 nitrogen and oxygen atoms in total. The van der Waals surface area contributed by atoms with Crippen molar-refractivity contribution in [2.45, 2.75) is 13.1 Å². The number of morpholine rings is 1. The lowest BCUT2D eigenvalue weighted by Crippen LogP contribution is -2.38. The van der Waals surface area contributed by atoms with E-state index in [4.69, 9.17) is 4.74 Å². The van der Waals surface area contributed by atoms with Gasteiger partial charge < -0.3 is 19.5 Å². The maximum absolute atomic E-state index is 14.2. The van der Waals surface area contributed by atoms with E-state index >= 15 is 0 Å². The predicted octanol–water partition coefficient (Wildman–Crippen LogP) is 3.86. The van der Waals surface area contributed by atoms with Gasteiger partial charge in [0.1, 0.15) is 5.69 Å². The van der Waals surface area contributed by atoms with Gasteiger partial charge in [-0.2, -0.15) is 18.2 Å². The number of halogens is 4. The topological polar surface area (TPSA) is 122 Å². The maximum Gasteiger partial charge on any atom is 0.416 e. The lowest BCUT2D eigenvalue weighted by Gasteiger charge is -2.28. The third-order valence-corrected chi connectivity index (χ3v) is 5.86. The van der Waals surface area contributed by atoms with Gasteiger partial charge in [-0.25, -0.2) is 19.3 Å². The SMILES string of the molecule is Cc1cn(-c2cc(Nc3ccc(C(=O)NNc4ncc(F)c(N5CCOCC5)n4)nc3)cc(C(F)(F)F)c2)cn1. The number of amides is 1. The van der Waals surface area contributed by atoms with Crippen LogP contribution in [0.2, 0.25) is 0 Å². The summed E-state index contributed by atoms with van der Waals surface area (Å²) in [5.41, 5.74) is 5.54. The molecular formula is C25H23F4N9O2. The molecule has 5 rings (SSSR count). The van der Waals surface area contributed by atoms with Crippen LogP contribution in [0.1, 0.15) is 21.7 Å². The van der Waals surface area contributed by atoms with Crippen molar-refractivity contribution >= 4 is 29.0 Å². The third-order valence-electron chi connectivity index (χ3n) is 5.86. The first-order valence-electron chi connectivity index (χ1n) is 12.0. The number of benzene rings is 1. The van der Waals surface area contributed by atoms with Gasteiger partial charge in [-0.3, -0.25) is 15.6 Å². The number of nitrogens with one attached hydrogen (secondary N) is 3. The molecule has 3 N–H and O–H groups in total. The molecule has 208 valence electrons. The molecule has 0 bridgehead atoms. The van der Waals surface area contributed by atoms with E-state index in [1.54, 1.807) is 18.0 Å². The average Bonchev–Trinajstić information content (AvgIpc) is 3.39. The van der Waals surface area contributed by atoms with Crippen LogP contribution in [0.15, 0.2) is 55.2 Å². The van der Waals surface area contributed by atoms with Crippen molar-refractivity contribution in [3.05, 3.63) is 78.0 Å². The minimum absolute atomic E-state index is 0.00665. The number of nitrogens with zero attached hydrogens (tertiary/aromatic N) is 6. The number of hydrogen-bond acceptors (Lipinski definition) is 9. The summed E-state index contributed by atoms with van der Waals surface area (Å²) in [5.74, 6) is -1.17. The molecular weight excluding hydrogens is 534 g/mol. The maximum atomic E-state index is 14.2. The fraction of sp³-hybridized carbons (Fsp3) is 0.240. The normalized spacial score (nSPS) is 13.7. The van der Waals surface area contributed by atoms with E-state index in [2.05, 4.69) is 36.1 Å². The lowest BCUT2D eigenvalue weighted by molar-refractivity contribution is -0.137. The Morgan fingerprint density at radius 2 is 1.82 bits per heavy atom. The summed E-state index contributed by atoms with van der Waals surface area (Å²) >= 11 is 0. The van der Waals surface area contributed by atoms with Crippen LogP contribution in [-0.2, 0) is 10.9 Å². The molecule has 0 unspecified atom stereocenters. The summed E-state index contributed by atoms with van der Waals surface area (Å²) in [4.78, 5) is 30.4. The minimum atomic E-state index is -4.56. The zero-order valence-electron chi connectivity index (χ0n) is 21.0. The molecule has 1 fully saturated rings. The zero-order chi connectivity index (χ0) is 28.3. The molecule has 1 aliphatic heterocycles. The van der Waals surface area contributed by atoms with Crippen molar-refractivity contribution in [1.82, 2.24) is 29.9 Å². The third kappa shape index (κ3) is 6.26. The number of carbonyl (C=O) groups is 1. The second-order valence-corrected chi connectivity index (χ2v) is 8.79. The Morgan fingerprint density at radius 3 is 2.50 bits per heavy atom. The number of aromatic nitrogens is 5. The Labute approximate surface area is 225 Å². The monoisotopic (exact) mass is 557 g/mol. The van der Waals surface area contributed by atoms with E-state index < -0.39 is 23.5 Å². The quantitative estimate of drug-likeness (QED) is 0.230. The van der Waals surface area contributed by atoms with Gasteiger partial charge in [-0.05, 0) is 37.3 Å². The van der Waals surface area contributed by atoms with Crippen LogP contribution in [0.4, 0.5) is 40.7 Å². The molecule has 0 spiro atoms. The van der Waals surface area contributed by atoms with Crippen molar-refractivity contribution in [2.75, 3.05) is 41.9 Å². The van der Waals surface area contributed by atoms with Crippen LogP contribution in [0.3, 0.4) is 0 Å². The van der Waals surface area contributed by atoms with E-state index in [-0.39, 0.29) is 28.8 Å². The fourth-order valence-electron chi connectivity index (χ4n) is 3.92. The van der Waals surface area contributed by atoms with E-state index in [1.807, 2.05) is 0 Å². The Bertz CT molecular complexity index is 1500. The number of ether oxygens (including phenoxy) is 1.